The number of carbonyl (C=O) groups is 1. The first kappa shape index (κ1) is 18.7. The molecule has 1 amide bonds. The van der Waals surface area contributed by atoms with Crippen molar-refractivity contribution in [2.75, 3.05) is 7.05 Å². The second-order valence-corrected chi connectivity index (χ2v) is 7.01. The van der Waals surface area contributed by atoms with Gasteiger partial charge in [0.1, 0.15) is 11.3 Å². The van der Waals surface area contributed by atoms with Crippen LogP contribution in [0, 0.1) is 19.7 Å². The summed E-state index contributed by atoms with van der Waals surface area (Å²) in [4.78, 5) is 23.4. The zero-order valence-electron chi connectivity index (χ0n) is 16.4. The predicted molar refractivity (Wildman–Crippen MR) is 108 cm³/mol. The lowest BCUT2D eigenvalue weighted by Gasteiger charge is -2.17. The predicted octanol–water partition coefficient (Wildman–Crippen LogP) is 3.84. The Labute approximate surface area is 167 Å². The number of nitrogens with zero attached hydrogens (tertiary/aromatic N) is 5. The van der Waals surface area contributed by atoms with E-state index in [2.05, 4.69) is 15.1 Å². The molecule has 0 fully saturated rings. The second kappa shape index (κ2) is 7.43. The van der Waals surface area contributed by atoms with E-state index in [1.807, 2.05) is 50.4 Å². The molecule has 7 heteroatoms. The quantitative estimate of drug-likeness (QED) is 0.532. The van der Waals surface area contributed by atoms with Crippen molar-refractivity contribution in [2.45, 2.75) is 20.4 Å². The normalized spacial score (nSPS) is 11.0. The number of aromatic nitrogens is 4. The van der Waals surface area contributed by atoms with Crippen LogP contribution in [0.4, 0.5) is 4.39 Å². The lowest BCUT2D eigenvalue weighted by atomic mass is 10.1. The maximum absolute atomic E-state index is 14.1. The third-order valence-corrected chi connectivity index (χ3v) is 4.80. The molecule has 0 bridgehead atoms. The number of benzene rings is 2. The zero-order chi connectivity index (χ0) is 20.5. The van der Waals surface area contributed by atoms with Crippen molar-refractivity contribution in [3.63, 3.8) is 0 Å². The first-order valence-corrected chi connectivity index (χ1v) is 9.21. The largest absolute Gasteiger partial charge is 0.337 e. The highest BCUT2D eigenvalue weighted by Gasteiger charge is 2.19. The number of para-hydroxylation sites is 1. The van der Waals surface area contributed by atoms with Gasteiger partial charge >= 0.3 is 0 Å². The molecular weight excluding hydrogens is 369 g/mol. The fraction of sp³-hybridized carbons (Fsp3) is 0.182. The third kappa shape index (κ3) is 3.71. The highest BCUT2D eigenvalue weighted by Crippen LogP contribution is 2.21. The van der Waals surface area contributed by atoms with E-state index in [4.69, 9.17) is 0 Å². The maximum atomic E-state index is 14.1. The average Bonchev–Trinajstić information content (AvgIpc) is 3.17. The van der Waals surface area contributed by atoms with Gasteiger partial charge < -0.3 is 4.90 Å². The molecule has 0 aliphatic heterocycles. The van der Waals surface area contributed by atoms with Crippen LogP contribution in [-0.4, -0.2) is 37.6 Å². The lowest BCUT2D eigenvalue weighted by molar-refractivity contribution is 0.0786. The summed E-state index contributed by atoms with van der Waals surface area (Å²) < 4.78 is 15.9. The number of aryl methyl sites for hydroxylation is 2. The Morgan fingerprint density at radius 3 is 2.59 bits per heavy atom. The van der Waals surface area contributed by atoms with Gasteiger partial charge in [-0.05, 0) is 32.0 Å². The minimum atomic E-state index is -0.510. The van der Waals surface area contributed by atoms with E-state index in [-0.39, 0.29) is 11.5 Å². The molecule has 0 atom stereocenters. The molecule has 4 rings (SSSR count). The molecule has 2 heterocycles. The van der Waals surface area contributed by atoms with Crippen molar-refractivity contribution in [3.8, 4) is 5.69 Å². The fourth-order valence-electron chi connectivity index (χ4n) is 3.18. The van der Waals surface area contributed by atoms with Gasteiger partial charge in [0, 0.05) is 31.4 Å². The molecule has 2 aromatic heterocycles. The van der Waals surface area contributed by atoms with Crippen LogP contribution in [0.15, 0.2) is 54.9 Å². The molecule has 0 radical (unpaired) electrons. The number of rotatable bonds is 4. The summed E-state index contributed by atoms with van der Waals surface area (Å²) >= 11 is 0. The Balaban J connectivity index is 1.62. The number of halogens is 1. The van der Waals surface area contributed by atoms with Crippen molar-refractivity contribution in [1.82, 2.24) is 24.6 Å². The molecule has 6 nitrogen and oxygen atoms in total. The minimum Gasteiger partial charge on any atom is -0.337 e. The van der Waals surface area contributed by atoms with Crippen molar-refractivity contribution in [3.05, 3.63) is 83.2 Å². The summed E-state index contributed by atoms with van der Waals surface area (Å²) in [5.41, 5.74) is 4.21. The SMILES string of the molecule is Cc1nc2cc(F)cc(C(=O)N(C)Cc3cnn(-c4ccccc4)c3)c2nc1C. The van der Waals surface area contributed by atoms with Gasteiger partial charge in [-0.15, -0.1) is 0 Å². The molecule has 4 aromatic rings. The van der Waals surface area contributed by atoms with Crippen molar-refractivity contribution < 1.29 is 9.18 Å². The van der Waals surface area contributed by atoms with Crippen LogP contribution in [-0.2, 0) is 6.54 Å². The smallest absolute Gasteiger partial charge is 0.256 e. The molecule has 146 valence electrons. The fourth-order valence-corrected chi connectivity index (χ4v) is 3.18. The topological polar surface area (TPSA) is 63.9 Å². The van der Waals surface area contributed by atoms with Crippen molar-refractivity contribution in [2.24, 2.45) is 0 Å². The van der Waals surface area contributed by atoms with Crippen LogP contribution in [0.1, 0.15) is 27.3 Å². The van der Waals surface area contributed by atoms with Gasteiger partial charge in [0.05, 0.1) is 34.4 Å². The van der Waals surface area contributed by atoms with E-state index in [1.165, 1.54) is 17.0 Å². The van der Waals surface area contributed by atoms with Gasteiger partial charge in [0.25, 0.3) is 5.91 Å². The summed E-state index contributed by atoms with van der Waals surface area (Å²) in [6.45, 7) is 3.97. The molecule has 0 aliphatic carbocycles. The van der Waals surface area contributed by atoms with Crippen LogP contribution in [0.25, 0.3) is 16.7 Å². The molecular formula is C22H20FN5O. The Kier molecular flexibility index (Phi) is 4.80. The molecule has 0 spiro atoms. The van der Waals surface area contributed by atoms with Gasteiger partial charge in [-0.1, -0.05) is 18.2 Å². The molecule has 0 N–H and O–H groups in total. The van der Waals surface area contributed by atoms with Gasteiger partial charge in [-0.3, -0.25) is 4.79 Å². The van der Waals surface area contributed by atoms with Crippen LogP contribution in [0.5, 0.6) is 0 Å². The summed E-state index contributed by atoms with van der Waals surface area (Å²) in [5.74, 6) is -0.830. The number of fused-ring (bicyclic) bond motifs is 1. The molecule has 0 saturated heterocycles. The van der Waals surface area contributed by atoms with Gasteiger partial charge in [-0.2, -0.15) is 5.10 Å². The summed E-state index contributed by atoms with van der Waals surface area (Å²) in [6, 6.07) is 12.2. The molecule has 0 unspecified atom stereocenters. The molecule has 0 saturated carbocycles. The van der Waals surface area contributed by atoms with Gasteiger partial charge in [-0.25, -0.2) is 19.0 Å². The van der Waals surface area contributed by atoms with E-state index in [1.54, 1.807) is 17.9 Å². The number of hydrogen-bond donors (Lipinski definition) is 0. The summed E-state index contributed by atoms with van der Waals surface area (Å²) in [7, 11) is 1.67. The van der Waals surface area contributed by atoms with E-state index >= 15 is 0 Å². The number of hydrogen-bond acceptors (Lipinski definition) is 4. The third-order valence-electron chi connectivity index (χ3n) is 4.80. The van der Waals surface area contributed by atoms with Gasteiger partial charge in [0.2, 0.25) is 0 Å². The second-order valence-electron chi connectivity index (χ2n) is 7.01. The van der Waals surface area contributed by atoms with E-state index in [0.717, 1.165) is 11.3 Å². The highest BCUT2D eigenvalue weighted by molar-refractivity contribution is 6.04. The Hall–Kier alpha value is -3.61. The van der Waals surface area contributed by atoms with Crippen LogP contribution >= 0.6 is 0 Å². The first-order chi connectivity index (χ1) is 13.9. The van der Waals surface area contributed by atoms with Crippen molar-refractivity contribution in [1.29, 1.82) is 0 Å². The van der Waals surface area contributed by atoms with Crippen LogP contribution in [0.2, 0.25) is 0 Å². The van der Waals surface area contributed by atoms with Crippen LogP contribution < -0.4 is 0 Å². The highest BCUT2D eigenvalue weighted by atomic mass is 19.1. The molecule has 2 aromatic carbocycles. The number of carbonyl (C=O) groups excluding carboxylic acids is 1. The van der Waals surface area contributed by atoms with E-state index in [0.29, 0.717) is 29.0 Å². The minimum absolute atomic E-state index is 0.202. The summed E-state index contributed by atoms with van der Waals surface area (Å²) in [5, 5.41) is 4.35. The maximum Gasteiger partial charge on any atom is 0.256 e. The van der Waals surface area contributed by atoms with E-state index < -0.39 is 5.82 Å². The monoisotopic (exact) mass is 389 g/mol. The zero-order valence-corrected chi connectivity index (χ0v) is 16.4. The lowest BCUT2D eigenvalue weighted by Crippen LogP contribution is -2.26. The van der Waals surface area contributed by atoms with Crippen molar-refractivity contribution >= 4 is 16.9 Å². The Morgan fingerprint density at radius 1 is 1.10 bits per heavy atom. The van der Waals surface area contributed by atoms with E-state index in [9.17, 15) is 9.18 Å². The average molecular weight is 389 g/mol. The Morgan fingerprint density at radius 2 is 1.83 bits per heavy atom. The standard InChI is InChI=1S/C22H20FN5O/c1-14-15(2)26-21-19(9-17(23)10-20(21)25-14)22(29)27(3)12-16-11-24-28(13-16)18-7-5-4-6-8-18/h4-11,13H,12H2,1-3H3. The molecule has 0 aliphatic rings. The molecule has 29 heavy (non-hydrogen) atoms. The first-order valence-electron chi connectivity index (χ1n) is 9.21. The van der Waals surface area contributed by atoms with Gasteiger partial charge in [0.15, 0.2) is 0 Å². The van der Waals surface area contributed by atoms with Crippen LogP contribution in [0.3, 0.4) is 0 Å². The number of amides is 1. The Bertz CT molecular complexity index is 1200. The summed E-state index contributed by atoms with van der Waals surface area (Å²) in [6.07, 6.45) is 3.59.